The topological polar surface area (TPSA) is 75.7 Å². The van der Waals surface area contributed by atoms with E-state index in [0.29, 0.717) is 24.5 Å². The Morgan fingerprint density at radius 3 is 2.35 bits per heavy atom. The van der Waals surface area contributed by atoms with E-state index in [1.54, 1.807) is 0 Å². The monoisotopic (exact) mass is 358 g/mol. The molecule has 2 aliphatic rings. The van der Waals surface area contributed by atoms with Gasteiger partial charge in [0.15, 0.2) is 0 Å². The van der Waals surface area contributed by atoms with Crippen LogP contribution in [0.3, 0.4) is 0 Å². The van der Waals surface area contributed by atoms with Crippen LogP contribution in [0, 0.1) is 26.7 Å². The van der Waals surface area contributed by atoms with Crippen molar-refractivity contribution in [2.45, 2.75) is 58.9 Å². The number of ether oxygens (including phenoxy) is 1. The second kappa shape index (κ2) is 6.74. The maximum absolute atomic E-state index is 12.8. The SMILES string of the molecule is Cc1cc(C)c(OC(=O)CN2C(=O)NC3(CCC(C)CC3)C2=O)c(C)c1. The number of nitrogens with zero attached hydrogens (tertiary/aromatic N) is 1. The van der Waals surface area contributed by atoms with Gasteiger partial charge in [0.1, 0.15) is 17.8 Å². The van der Waals surface area contributed by atoms with Crippen molar-refractivity contribution in [2.24, 2.45) is 5.92 Å². The maximum Gasteiger partial charge on any atom is 0.331 e. The number of urea groups is 1. The molecule has 0 radical (unpaired) electrons. The van der Waals surface area contributed by atoms with E-state index < -0.39 is 17.5 Å². The number of rotatable bonds is 3. The number of benzene rings is 1. The predicted molar refractivity (Wildman–Crippen MR) is 96.9 cm³/mol. The van der Waals surface area contributed by atoms with Crippen LogP contribution < -0.4 is 10.1 Å². The molecule has 0 bridgehead atoms. The number of carbonyl (C=O) groups excluding carboxylic acids is 3. The molecule has 1 spiro atoms. The van der Waals surface area contributed by atoms with Crippen molar-refractivity contribution in [1.82, 2.24) is 10.2 Å². The lowest BCUT2D eigenvalue weighted by Crippen LogP contribution is -2.49. The quantitative estimate of drug-likeness (QED) is 0.512. The minimum Gasteiger partial charge on any atom is -0.425 e. The van der Waals surface area contributed by atoms with Crippen molar-refractivity contribution in [2.75, 3.05) is 6.54 Å². The molecule has 3 rings (SSSR count). The second-order valence-corrected chi connectivity index (χ2v) is 7.79. The Hall–Kier alpha value is -2.37. The van der Waals surface area contributed by atoms with Crippen molar-refractivity contribution < 1.29 is 19.1 Å². The molecule has 6 heteroatoms. The molecule has 1 aromatic carbocycles. The number of aryl methyl sites for hydroxylation is 3. The van der Waals surface area contributed by atoms with E-state index in [2.05, 4.69) is 12.2 Å². The van der Waals surface area contributed by atoms with Crippen LogP contribution in [0.15, 0.2) is 12.1 Å². The van der Waals surface area contributed by atoms with Crippen LogP contribution in [0.1, 0.15) is 49.3 Å². The molecule has 1 aliphatic heterocycles. The van der Waals surface area contributed by atoms with Gasteiger partial charge in [0.2, 0.25) is 0 Å². The Morgan fingerprint density at radius 1 is 1.19 bits per heavy atom. The van der Waals surface area contributed by atoms with Gasteiger partial charge in [-0.15, -0.1) is 0 Å². The Kier molecular flexibility index (Phi) is 4.78. The number of nitrogens with one attached hydrogen (secondary N) is 1. The maximum atomic E-state index is 12.8. The molecule has 0 aromatic heterocycles. The summed E-state index contributed by atoms with van der Waals surface area (Å²) in [7, 11) is 0. The summed E-state index contributed by atoms with van der Waals surface area (Å²) in [6.45, 7) is 7.50. The average Bonchev–Trinajstić information content (AvgIpc) is 2.78. The van der Waals surface area contributed by atoms with Gasteiger partial charge in [-0.2, -0.15) is 0 Å². The molecule has 1 aliphatic carbocycles. The summed E-state index contributed by atoms with van der Waals surface area (Å²) in [4.78, 5) is 38.5. The summed E-state index contributed by atoms with van der Waals surface area (Å²) in [5.41, 5.74) is 1.96. The fourth-order valence-corrected chi connectivity index (χ4v) is 4.02. The van der Waals surface area contributed by atoms with E-state index in [-0.39, 0.29) is 12.5 Å². The summed E-state index contributed by atoms with van der Waals surface area (Å²) in [6.07, 6.45) is 3.04. The molecule has 0 atom stereocenters. The van der Waals surface area contributed by atoms with Gasteiger partial charge in [-0.3, -0.25) is 9.69 Å². The van der Waals surface area contributed by atoms with Crippen molar-refractivity contribution in [3.05, 3.63) is 28.8 Å². The van der Waals surface area contributed by atoms with Crippen LogP contribution in [0.25, 0.3) is 0 Å². The highest BCUT2D eigenvalue weighted by atomic mass is 16.5. The molecule has 26 heavy (non-hydrogen) atoms. The third kappa shape index (κ3) is 3.32. The molecule has 0 unspecified atom stereocenters. The van der Waals surface area contributed by atoms with Crippen LogP contribution in [-0.4, -0.2) is 34.9 Å². The Balaban J connectivity index is 1.70. The lowest BCUT2D eigenvalue weighted by molar-refractivity contribution is -0.141. The van der Waals surface area contributed by atoms with E-state index in [4.69, 9.17) is 4.74 Å². The minimum atomic E-state index is -0.834. The largest absolute Gasteiger partial charge is 0.425 e. The first-order chi connectivity index (χ1) is 12.2. The van der Waals surface area contributed by atoms with Gasteiger partial charge < -0.3 is 10.1 Å². The lowest BCUT2D eigenvalue weighted by atomic mass is 9.77. The highest BCUT2D eigenvalue weighted by molar-refractivity contribution is 6.08. The average molecular weight is 358 g/mol. The molecule has 1 saturated heterocycles. The van der Waals surface area contributed by atoms with E-state index >= 15 is 0 Å². The smallest absolute Gasteiger partial charge is 0.331 e. The Morgan fingerprint density at radius 2 is 1.77 bits per heavy atom. The van der Waals surface area contributed by atoms with Gasteiger partial charge in [0.05, 0.1) is 0 Å². The third-order valence-corrected chi connectivity index (χ3v) is 5.48. The highest BCUT2D eigenvalue weighted by Crippen LogP contribution is 2.36. The van der Waals surface area contributed by atoms with E-state index in [1.165, 1.54) is 0 Å². The molecule has 3 amide bonds. The first-order valence-electron chi connectivity index (χ1n) is 9.14. The highest BCUT2D eigenvalue weighted by Gasteiger charge is 2.52. The Bertz CT molecular complexity index is 740. The van der Waals surface area contributed by atoms with Gasteiger partial charge in [-0.1, -0.05) is 24.6 Å². The van der Waals surface area contributed by atoms with Gasteiger partial charge in [-0.05, 0) is 63.5 Å². The van der Waals surface area contributed by atoms with Gasteiger partial charge in [0.25, 0.3) is 5.91 Å². The predicted octanol–water partition coefficient (Wildman–Crippen LogP) is 3.02. The number of hydrogen-bond donors (Lipinski definition) is 1. The normalized spacial score (nSPS) is 25.5. The number of hydrogen-bond acceptors (Lipinski definition) is 4. The molecular weight excluding hydrogens is 332 g/mol. The fraction of sp³-hybridized carbons (Fsp3) is 0.550. The third-order valence-electron chi connectivity index (χ3n) is 5.48. The summed E-state index contributed by atoms with van der Waals surface area (Å²) in [6, 6.07) is 3.36. The number of carbonyl (C=O) groups is 3. The molecular formula is C20H26N2O4. The zero-order chi connectivity index (χ0) is 19.1. The van der Waals surface area contributed by atoms with Crippen molar-refractivity contribution in [3.8, 4) is 5.75 Å². The minimum absolute atomic E-state index is 0.302. The zero-order valence-electron chi connectivity index (χ0n) is 15.8. The van der Waals surface area contributed by atoms with Gasteiger partial charge >= 0.3 is 12.0 Å². The van der Waals surface area contributed by atoms with Gasteiger partial charge in [-0.25, -0.2) is 9.59 Å². The first kappa shape index (κ1) is 18.4. The van der Waals surface area contributed by atoms with E-state index in [9.17, 15) is 14.4 Å². The van der Waals surface area contributed by atoms with Gasteiger partial charge in [0, 0.05) is 0 Å². The number of imide groups is 1. The molecule has 2 fully saturated rings. The first-order valence-corrected chi connectivity index (χ1v) is 9.14. The second-order valence-electron chi connectivity index (χ2n) is 7.79. The molecule has 6 nitrogen and oxygen atoms in total. The standard InChI is InChI=1S/C20H26N2O4/c1-12-5-7-20(8-6-12)18(24)22(19(25)21-20)11-16(23)26-17-14(3)9-13(2)10-15(17)4/h9-10,12H,5-8,11H2,1-4H3,(H,21,25). The zero-order valence-corrected chi connectivity index (χ0v) is 15.8. The molecule has 1 saturated carbocycles. The van der Waals surface area contributed by atoms with E-state index in [0.717, 1.165) is 34.4 Å². The van der Waals surface area contributed by atoms with Crippen molar-refractivity contribution >= 4 is 17.9 Å². The lowest BCUT2D eigenvalue weighted by Gasteiger charge is -2.33. The Labute approximate surface area is 153 Å². The van der Waals surface area contributed by atoms with Crippen molar-refractivity contribution in [3.63, 3.8) is 0 Å². The molecule has 140 valence electrons. The summed E-state index contributed by atoms with van der Waals surface area (Å²) < 4.78 is 5.47. The molecule has 1 aromatic rings. The molecule has 1 N–H and O–H groups in total. The van der Waals surface area contributed by atoms with E-state index in [1.807, 2.05) is 32.9 Å². The fourth-order valence-electron chi connectivity index (χ4n) is 4.02. The summed E-state index contributed by atoms with van der Waals surface area (Å²) >= 11 is 0. The van der Waals surface area contributed by atoms with Crippen LogP contribution in [-0.2, 0) is 9.59 Å². The van der Waals surface area contributed by atoms with Crippen LogP contribution in [0.5, 0.6) is 5.75 Å². The molecule has 1 heterocycles. The van der Waals surface area contributed by atoms with Crippen LogP contribution in [0.4, 0.5) is 4.79 Å². The van der Waals surface area contributed by atoms with Crippen LogP contribution in [0.2, 0.25) is 0 Å². The van der Waals surface area contributed by atoms with Crippen LogP contribution >= 0.6 is 0 Å². The number of amides is 3. The summed E-state index contributed by atoms with van der Waals surface area (Å²) in [5, 5.41) is 2.82. The summed E-state index contributed by atoms with van der Waals surface area (Å²) in [5.74, 6) is 0.138. The number of esters is 1. The van der Waals surface area contributed by atoms with Crippen molar-refractivity contribution in [1.29, 1.82) is 0 Å².